The molecule has 0 unspecified atom stereocenters. The van der Waals surface area contributed by atoms with E-state index in [1.165, 1.54) is 0 Å². The van der Waals surface area contributed by atoms with Crippen molar-refractivity contribution >= 4 is 0 Å². The maximum Gasteiger partial charge on any atom is 4.00 e. The van der Waals surface area contributed by atoms with Crippen molar-refractivity contribution in [2.75, 3.05) is 0 Å². The molecule has 0 aromatic carbocycles. The Morgan fingerprint density at radius 2 is 0.375 bits per heavy atom. The van der Waals surface area contributed by atoms with E-state index in [0.29, 0.717) is 0 Å². The molecule has 0 amide bonds. The molecule has 8 heteroatoms. The first-order valence-electron chi connectivity index (χ1n) is 0. The minimum Gasteiger partial charge on any atom is -2.00 e. The summed E-state index contributed by atoms with van der Waals surface area (Å²) in [6, 6.07) is 0. The van der Waals surface area contributed by atoms with Gasteiger partial charge >= 0.3 is 90.0 Å². The summed E-state index contributed by atoms with van der Waals surface area (Å²) < 4.78 is 0. The maximum absolute atomic E-state index is 0. The van der Waals surface area contributed by atoms with E-state index in [9.17, 15) is 0 Å². The molecule has 0 spiro atoms. The normalized spacial score (nSPS) is 0. The second-order valence-electron chi connectivity index (χ2n) is 0. The first-order valence-corrected chi connectivity index (χ1v) is 0. The van der Waals surface area contributed by atoms with Gasteiger partial charge in [-0.2, -0.15) is 0 Å². The summed E-state index contributed by atoms with van der Waals surface area (Å²) in [5.74, 6) is 0. The van der Waals surface area contributed by atoms with Gasteiger partial charge in [-0.3, -0.25) is 0 Å². The summed E-state index contributed by atoms with van der Waals surface area (Å²) in [4.78, 5) is 0. The number of rotatable bonds is 0. The minimum atomic E-state index is 0. The second-order valence-corrected chi connectivity index (χ2v) is 0. The average molecular weight is 319 g/mol. The smallest absolute Gasteiger partial charge is 2.00 e. The van der Waals surface area contributed by atoms with Gasteiger partial charge in [-0.25, -0.2) is 0 Å². The molecule has 0 saturated heterocycles. The van der Waals surface area contributed by atoms with Crippen LogP contribution in [0.3, 0.4) is 0 Å². The van der Waals surface area contributed by atoms with Crippen LogP contribution in [0, 0.1) is 0 Å². The maximum atomic E-state index is 0. The van der Waals surface area contributed by atoms with Crippen molar-refractivity contribution in [1.29, 1.82) is 0 Å². The van der Waals surface area contributed by atoms with E-state index in [2.05, 4.69) is 0 Å². The van der Waals surface area contributed by atoms with Gasteiger partial charge < -0.3 is 16.4 Å². The summed E-state index contributed by atoms with van der Waals surface area (Å²) in [6.45, 7) is 0. The van der Waals surface area contributed by atoms with E-state index in [4.69, 9.17) is 0 Å². The molecule has 8 heavy (non-hydrogen) atoms. The van der Waals surface area contributed by atoms with Crippen molar-refractivity contribution in [1.82, 2.24) is 0 Å². The van der Waals surface area contributed by atoms with Crippen LogP contribution in [0.25, 0.3) is 0 Å². The fraction of sp³-hybridized carbons (Fsp3) is 0. The molecule has 0 aliphatic carbocycles. The van der Waals surface area contributed by atoms with Gasteiger partial charge in [-0.05, 0) is 0 Å². The van der Waals surface area contributed by atoms with Crippen molar-refractivity contribution < 1.29 is 106 Å². The van der Waals surface area contributed by atoms with E-state index in [1.807, 2.05) is 0 Å². The Hall–Kier alpha value is 2.67. The zero-order valence-corrected chi connectivity index (χ0v) is 9.12. The molecule has 48 valence electrons. The van der Waals surface area contributed by atoms with Gasteiger partial charge in [0.2, 0.25) is 0 Å². The molecule has 0 aliphatic heterocycles. The summed E-state index contributed by atoms with van der Waals surface area (Å²) >= 11 is 0. The van der Waals surface area contributed by atoms with Gasteiger partial charge in [0.05, 0.1) is 0 Å². The summed E-state index contributed by atoms with van der Waals surface area (Å²) in [6.07, 6.45) is 0. The van der Waals surface area contributed by atoms with Crippen LogP contribution in [0.5, 0.6) is 0 Å². The number of hydrogen-bond donors (Lipinski definition) is 0. The molecule has 0 N–H and O–H groups in total. The standard InChI is InChI=1S/4Fe.3O.Ti/q4*+2;3*-2;+4. The van der Waals surface area contributed by atoms with Gasteiger partial charge in [0, 0.05) is 0 Å². The summed E-state index contributed by atoms with van der Waals surface area (Å²) in [5, 5.41) is 0. The van der Waals surface area contributed by atoms with Crippen LogP contribution in [0.2, 0.25) is 0 Å². The molecule has 0 aliphatic rings. The SMILES string of the molecule is [Fe+2].[Fe+2].[Fe+2].[Fe+2].[O-2].[O-2].[O-2].[Ti+4]. The zero-order chi connectivity index (χ0) is 0. The molecular weight excluding hydrogens is 319 g/mol. The second kappa shape index (κ2) is 102. The molecule has 3 nitrogen and oxygen atoms in total. The van der Waals surface area contributed by atoms with Gasteiger partial charge in [0.1, 0.15) is 0 Å². The quantitative estimate of drug-likeness (QED) is 0.546. The van der Waals surface area contributed by atoms with Crippen molar-refractivity contribution in [3.63, 3.8) is 0 Å². The Kier molecular flexibility index (Phi) is 1780. The Bertz CT molecular complexity index is 11.2. The Balaban J connectivity index is 0. The van der Waals surface area contributed by atoms with Crippen LogP contribution in [-0.4, -0.2) is 0 Å². The molecule has 0 bridgehead atoms. The van der Waals surface area contributed by atoms with E-state index in [1.54, 1.807) is 0 Å². The first-order chi connectivity index (χ1) is 0. The molecule has 0 rings (SSSR count). The summed E-state index contributed by atoms with van der Waals surface area (Å²) in [7, 11) is 0. The molecule has 0 heterocycles. The van der Waals surface area contributed by atoms with Crippen molar-refractivity contribution in [2.24, 2.45) is 0 Å². The van der Waals surface area contributed by atoms with Crippen LogP contribution in [0.1, 0.15) is 0 Å². The van der Waals surface area contributed by atoms with Crippen LogP contribution >= 0.6 is 0 Å². The van der Waals surface area contributed by atoms with Crippen LogP contribution in [0.15, 0.2) is 0 Å². The molecular formula is Fe4O3Ti+6. The minimum absolute atomic E-state index is 0. The molecule has 0 aromatic heterocycles. The fourth-order valence-electron chi connectivity index (χ4n) is 0. The van der Waals surface area contributed by atoms with Gasteiger partial charge in [0.15, 0.2) is 0 Å². The van der Waals surface area contributed by atoms with E-state index >= 15 is 0 Å². The Morgan fingerprint density at radius 3 is 0.375 bits per heavy atom. The third-order valence-corrected chi connectivity index (χ3v) is 0. The largest absolute Gasteiger partial charge is 4.00 e. The molecule has 0 fully saturated rings. The van der Waals surface area contributed by atoms with Crippen LogP contribution in [-0.2, 0) is 106 Å². The van der Waals surface area contributed by atoms with Gasteiger partial charge in [0.25, 0.3) is 0 Å². The van der Waals surface area contributed by atoms with Crippen molar-refractivity contribution in [2.45, 2.75) is 0 Å². The third kappa shape index (κ3) is 71.5. The topological polar surface area (TPSA) is 85.5 Å². The molecule has 0 saturated carbocycles. The predicted octanol–water partition coefficient (Wildman–Crippen LogP) is -0.369. The Morgan fingerprint density at radius 1 is 0.375 bits per heavy atom. The third-order valence-electron chi connectivity index (χ3n) is 0. The van der Waals surface area contributed by atoms with E-state index in [-0.39, 0.29) is 106 Å². The number of hydrogen-bond acceptors (Lipinski definition) is 0. The zero-order valence-electron chi connectivity index (χ0n) is 3.14. The van der Waals surface area contributed by atoms with Gasteiger partial charge in [-0.15, -0.1) is 0 Å². The molecule has 0 radical (unpaired) electrons. The molecule has 0 aromatic rings. The van der Waals surface area contributed by atoms with Gasteiger partial charge in [-0.1, -0.05) is 0 Å². The fourth-order valence-corrected chi connectivity index (χ4v) is 0. The Labute approximate surface area is 105 Å². The van der Waals surface area contributed by atoms with Crippen LogP contribution in [0.4, 0.5) is 0 Å². The van der Waals surface area contributed by atoms with Crippen LogP contribution < -0.4 is 0 Å². The van der Waals surface area contributed by atoms with Crippen molar-refractivity contribution in [3.05, 3.63) is 0 Å². The monoisotopic (exact) mass is 320 g/mol. The first kappa shape index (κ1) is 140. The van der Waals surface area contributed by atoms with E-state index in [0.717, 1.165) is 0 Å². The summed E-state index contributed by atoms with van der Waals surface area (Å²) in [5.41, 5.74) is 0. The molecule has 0 atom stereocenters. The van der Waals surface area contributed by atoms with E-state index < -0.39 is 0 Å². The average Bonchev–Trinajstić information content (AvgIpc) is 0. The predicted molar refractivity (Wildman–Crippen MR) is 2.06 cm³/mol. The van der Waals surface area contributed by atoms with Crippen molar-refractivity contribution in [3.8, 4) is 0 Å².